The molecular formula is C14H18BrN3S. The maximum absolute atomic E-state index is 6.06. The summed E-state index contributed by atoms with van der Waals surface area (Å²) in [6, 6.07) is 6.03. The molecule has 0 bridgehead atoms. The van der Waals surface area contributed by atoms with Gasteiger partial charge >= 0.3 is 0 Å². The van der Waals surface area contributed by atoms with E-state index in [-0.39, 0.29) is 4.75 Å². The highest BCUT2D eigenvalue weighted by Gasteiger charge is 2.17. The Labute approximate surface area is 126 Å². The zero-order valence-electron chi connectivity index (χ0n) is 11.3. The van der Waals surface area contributed by atoms with Crippen LogP contribution in [0.15, 0.2) is 28.9 Å². The predicted molar refractivity (Wildman–Crippen MR) is 89.9 cm³/mol. The van der Waals surface area contributed by atoms with Crippen molar-refractivity contribution in [3.8, 4) is 0 Å². The van der Waals surface area contributed by atoms with Crippen LogP contribution in [0, 0.1) is 0 Å². The largest absolute Gasteiger partial charge is 0.396 e. The number of nitrogens with one attached hydrogen (secondary N) is 1. The average Bonchev–Trinajstić information content (AvgIpc) is 2.37. The minimum Gasteiger partial charge on any atom is -0.396 e. The molecule has 0 radical (unpaired) electrons. The minimum absolute atomic E-state index is 0.161. The Morgan fingerprint density at radius 3 is 2.84 bits per heavy atom. The number of rotatable bonds is 4. The number of hydrogen-bond donors (Lipinski definition) is 2. The van der Waals surface area contributed by atoms with E-state index in [2.05, 4.69) is 46.3 Å². The molecule has 1 heterocycles. The van der Waals surface area contributed by atoms with Gasteiger partial charge in [-0.15, -0.1) is 0 Å². The molecule has 1 aromatic heterocycles. The van der Waals surface area contributed by atoms with Crippen molar-refractivity contribution in [2.24, 2.45) is 0 Å². The quantitative estimate of drug-likeness (QED) is 0.879. The third-order valence-electron chi connectivity index (χ3n) is 3.10. The number of halogens is 1. The summed E-state index contributed by atoms with van der Waals surface area (Å²) in [5.41, 5.74) is 8.66. The van der Waals surface area contributed by atoms with Crippen LogP contribution in [-0.4, -0.2) is 22.5 Å². The predicted octanol–water partition coefficient (Wildman–Crippen LogP) is 4.13. The first kappa shape index (κ1) is 14.5. The second kappa shape index (κ2) is 5.59. The van der Waals surface area contributed by atoms with Crippen molar-refractivity contribution in [1.82, 2.24) is 4.98 Å². The Morgan fingerprint density at radius 1 is 1.42 bits per heavy atom. The van der Waals surface area contributed by atoms with Gasteiger partial charge in [0.25, 0.3) is 0 Å². The van der Waals surface area contributed by atoms with Crippen LogP contribution in [-0.2, 0) is 0 Å². The SMILES string of the molecule is CSC(C)(C)CNc1c(N)cnc2ccc(Br)cc12. The molecule has 3 nitrogen and oxygen atoms in total. The maximum atomic E-state index is 6.06. The van der Waals surface area contributed by atoms with Crippen molar-refractivity contribution >= 4 is 50.0 Å². The molecule has 19 heavy (non-hydrogen) atoms. The standard InChI is InChI=1S/C14H18BrN3S/c1-14(2,19-3)8-18-13-10-6-9(15)4-5-12(10)17-7-11(13)16/h4-7H,8,16H2,1-3H3,(H,17,18). The summed E-state index contributed by atoms with van der Waals surface area (Å²) < 4.78 is 1.19. The minimum atomic E-state index is 0.161. The van der Waals surface area contributed by atoms with Crippen molar-refractivity contribution in [2.45, 2.75) is 18.6 Å². The van der Waals surface area contributed by atoms with E-state index >= 15 is 0 Å². The molecule has 1 aromatic carbocycles. The van der Waals surface area contributed by atoms with Gasteiger partial charge in [0.05, 0.1) is 23.1 Å². The molecule has 0 aliphatic rings. The van der Waals surface area contributed by atoms with Crippen molar-refractivity contribution in [1.29, 1.82) is 0 Å². The second-order valence-electron chi connectivity index (χ2n) is 5.07. The molecular weight excluding hydrogens is 322 g/mol. The Hall–Kier alpha value is -0.940. The number of hydrogen-bond acceptors (Lipinski definition) is 4. The van der Waals surface area contributed by atoms with Gasteiger partial charge in [-0.2, -0.15) is 11.8 Å². The molecule has 0 saturated carbocycles. The second-order valence-corrected chi connectivity index (χ2v) is 7.50. The normalized spacial score (nSPS) is 11.8. The third-order valence-corrected chi connectivity index (χ3v) is 4.85. The van der Waals surface area contributed by atoms with E-state index in [4.69, 9.17) is 5.73 Å². The molecule has 0 fully saturated rings. The fraction of sp³-hybridized carbons (Fsp3) is 0.357. The lowest BCUT2D eigenvalue weighted by atomic mass is 10.1. The number of anilines is 2. The highest BCUT2D eigenvalue weighted by molar-refractivity contribution is 9.10. The lowest BCUT2D eigenvalue weighted by molar-refractivity contribution is 0.753. The molecule has 102 valence electrons. The molecule has 0 amide bonds. The molecule has 0 aliphatic carbocycles. The molecule has 2 rings (SSSR count). The molecule has 0 aliphatic heterocycles. The van der Waals surface area contributed by atoms with Crippen LogP contribution in [0.2, 0.25) is 0 Å². The average molecular weight is 340 g/mol. The number of pyridine rings is 1. The number of aromatic nitrogens is 1. The van der Waals surface area contributed by atoms with Crippen LogP contribution in [0.1, 0.15) is 13.8 Å². The zero-order valence-corrected chi connectivity index (χ0v) is 13.7. The molecule has 0 unspecified atom stereocenters. The molecule has 2 aromatic rings. The number of fused-ring (bicyclic) bond motifs is 1. The summed E-state index contributed by atoms with van der Waals surface area (Å²) in [5.74, 6) is 0. The van der Waals surface area contributed by atoms with Gasteiger partial charge in [0.2, 0.25) is 0 Å². The van der Waals surface area contributed by atoms with Crippen molar-refractivity contribution in [3.63, 3.8) is 0 Å². The highest BCUT2D eigenvalue weighted by Crippen LogP contribution is 2.31. The number of benzene rings is 1. The molecule has 3 N–H and O–H groups in total. The van der Waals surface area contributed by atoms with E-state index in [1.165, 1.54) is 0 Å². The van der Waals surface area contributed by atoms with Gasteiger partial charge in [0.1, 0.15) is 0 Å². The lowest BCUT2D eigenvalue weighted by Crippen LogP contribution is -2.26. The van der Waals surface area contributed by atoms with E-state index < -0.39 is 0 Å². The van der Waals surface area contributed by atoms with Crippen LogP contribution in [0.5, 0.6) is 0 Å². The van der Waals surface area contributed by atoms with Crippen LogP contribution in [0.25, 0.3) is 10.9 Å². The van der Waals surface area contributed by atoms with E-state index in [1.54, 1.807) is 6.20 Å². The number of nitrogen functional groups attached to an aromatic ring is 1. The summed E-state index contributed by atoms with van der Waals surface area (Å²) in [6.45, 7) is 5.27. The number of nitrogens with zero attached hydrogens (tertiary/aromatic N) is 1. The number of thioether (sulfide) groups is 1. The Morgan fingerprint density at radius 2 is 2.16 bits per heavy atom. The van der Waals surface area contributed by atoms with Gasteiger partial charge in [-0.1, -0.05) is 15.9 Å². The van der Waals surface area contributed by atoms with E-state index in [9.17, 15) is 0 Å². The molecule has 0 spiro atoms. The van der Waals surface area contributed by atoms with Crippen molar-refractivity contribution in [2.75, 3.05) is 23.9 Å². The summed E-state index contributed by atoms with van der Waals surface area (Å²) in [7, 11) is 0. The van der Waals surface area contributed by atoms with E-state index in [1.807, 2.05) is 30.0 Å². The fourth-order valence-electron chi connectivity index (χ4n) is 1.75. The summed E-state index contributed by atoms with van der Waals surface area (Å²) in [6.07, 6.45) is 3.83. The van der Waals surface area contributed by atoms with Crippen molar-refractivity contribution < 1.29 is 0 Å². The summed E-state index contributed by atoms with van der Waals surface area (Å²) >= 11 is 5.33. The van der Waals surface area contributed by atoms with Crippen LogP contribution in [0.4, 0.5) is 11.4 Å². The third kappa shape index (κ3) is 3.34. The highest BCUT2D eigenvalue weighted by atomic mass is 79.9. The number of nitrogens with two attached hydrogens (primary N) is 1. The first-order chi connectivity index (χ1) is 8.93. The molecule has 0 saturated heterocycles. The Bertz CT molecular complexity index is 593. The van der Waals surface area contributed by atoms with Crippen molar-refractivity contribution in [3.05, 3.63) is 28.9 Å². The first-order valence-corrected chi connectivity index (χ1v) is 8.07. The Kier molecular flexibility index (Phi) is 4.26. The van der Waals surface area contributed by atoms with E-state index in [0.29, 0.717) is 5.69 Å². The van der Waals surface area contributed by atoms with Crippen LogP contribution < -0.4 is 11.1 Å². The van der Waals surface area contributed by atoms with Gasteiger partial charge in [-0.05, 0) is 38.3 Å². The van der Waals surface area contributed by atoms with Gasteiger partial charge in [0.15, 0.2) is 0 Å². The van der Waals surface area contributed by atoms with Gasteiger partial charge in [-0.25, -0.2) is 0 Å². The zero-order chi connectivity index (χ0) is 14.0. The van der Waals surface area contributed by atoms with Crippen LogP contribution >= 0.6 is 27.7 Å². The van der Waals surface area contributed by atoms with Gasteiger partial charge < -0.3 is 11.1 Å². The van der Waals surface area contributed by atoms with Crippen LogP contribution in [0.3, 0.4) is 0 Å². The summed E-state index contributed by atoms with van der Waals surface area (Å²) in [4.78, 5) is 4.36. The Balaban J connectivity index is 2.41. The fourth-order valence-corrected chi connectivity index (χ4v) is 2.33. The smallest absolute Gasteiger partial charge is 0.0743 e. The lowest BCUT2D eigenvalue weighted by Gasteiger charge is -2.24. The first-order valence-electron chi connectivity index (χ1n) is 6.06. The maximum Gasteiger partial charge on any atom is 0.0743 e. The monoisotopic (exact) mass is 339 g/mol. The summed E-state index contributed by atoms with van der Waals surface area (Å²) in [5, 5.41) is 4.52. The molecule has 5 heteroatoms. The molecule has 0 atom stereocenters. The van der Waals surface area contributed by atoms with Gasteiger partial charge in [-0.3, -0.25) is 4.98 Å². The topological polar surface area (TPSA) is 50.9 Å². The van der Waals surface area contributed by atoms with Gasteiger partial charge in [0, 0.05) is 21.2 Å². The van der Waals surface area contributed by atoms with E-state index in [0.717, 1.165) is 27.6 Å².